The molecule has 0 radical (unpaired) electrons. The molecule has 1 aliphatic carbocycles. The molecular formula is C12H18N2O4S2. The highest BCUT2D eigenvalue weighted by Gasteiger charge is 2.36. The van der Waals surface area contributed by atoms with Gasteiger partial charge in [0, 0.05) is 13.1 Å². The van der Waals surface area contributed by atoms with Gasteiger partial charge in [-0.3, -0.25) is 0 Å². The van der Waals surface area contributed by atoms with Crippen LogP contribution in [0.25, 0.3) is 0 Å². The highest BCUT2D eigenvalue weighted by molar-refractivity contribution is 7.89. The van der Waals surface area contributed by atoms with Crippen LogP contribution in [-0.2, 0) is 20.0 Å². The van der Waals surface area contributed by atoms with Crippen molar-refractivity contribution in [1.29, 1.82) is 0 Å². The van der Waals surface area contributed by atoms with E-state index in [2.05, 4.69) is 0 Å². The fourth-order valence-electron chi connectivity index (χ4n) is 2.06. The molecule has 0 amide bonds. The fourth-order valence-corrected chi connectivity index (χ4v) is 4.00. The lowest BCUT2D eigenvalue weighted by Crippen LogP contribution is -2.36. The van der Waals surface area contributed by atoms with E-state index in [1.807, 2.05) is 6.92 Å². The number of hydrogen-bond acceptors (Lipinski definition) is 4. The van der Waals surface area contributed by atoms with Crippen molar-refractivity contribution >= 4 is 20.0 Å². The number of primary sulfonamides is 1. The molecule has 1 atom stereocenters. The van der Waals surface area contributed by atoms with Gasteiger partial charge in [0.15, 0.2) is 0 Å². The highest BCUT2D eigenvalue weighted by atomic mass is 32.2. The van der Waals surface area contributed by atoms with Crippen molar-refractivity contribution in [2.24, 2.45) is 11.1 Å². The van der Waals surface area contributed by atoms with Crippen molar-refractivity contribution in [3.8, 4) is 0 Å². The van der Waals surface area contributed by atoms with Gasteiger partial charge in [-0.15, -0.1) is 0 Å². The zero-order valence-electron chi connectivity index (χ0n) is 11.4. The van der Waals surface area contributed by atoms with Crippen LogP contribution in [-0.4, -0.2) is 34.2 Å². The third-order valence-electron chi connectivity index (χ3n) is 3.71. The smallest absolute Gasteiger partial charge is 0.225 e. The van der Waals surface area contributed by atoms with Crippen molar-refractivity contribution < 1.29 is 16.8 Å². The summed E-state index contributed by atoms with van der Waals surface area (Å²) in [6.07, 6.45) is 2.09. The van der Waals surface area contributed by atoms with Crippen LogP contribution in [0.1, 0.15) is 19.8 Å². The SMILES string of the molecule is CC(C1CC1)N(C)S(=O)(=O)c1ccc(S(N)(=O)=O)cc1. The van der Waals surface area contributed by atoms with E-state index in [0.29, 0.717) is 5.92 Å². The molecule has 0 aromatic heterocycles. The summed E-state index contributed by atoms with van der Waals surface area (Å²) in [5.74, 6) is 0.415. The number of sulfonamides is 2. The first-order valence-electron chi connectivity index (χ1n) is 6.25. The molecule has 2 N–H and O–H groups in total. The topological polar surface area (TPSA) is 97.5 Å². The molecule has 1 aromatic carbocycles. The van der Waals surface area contributed by atoms with Crippen LogP contribution in [0.4, 0.5) is 0 Å². The molecule has 1 fully saturated rings. The molecule has 2 rings (SSSR count). The Morgan fingerprint density at radius 1 is 1.10 bits per heavy atom. The standard InChI is InChI=1S/C12H18N2O4S2/c1-9(10-3-4-10)14(2)20(17,18)12-7-5-11(6-8-12)19(13,15)16/h5-10H,3-4H2,1-2H3,(H2,13,15,16). The quantitative estimate of drug-likeness (QED) is 0.866. The van der Waals surface area contributed by atoms with Crippen LogP contribution in [0.5, 0.6) is 0 Å². The minimum absolute atomic E-state index is 0.0575. The lowest BCUT2D eigenvalue weighted by atomic mass is 10.2. The maximum atomic E-state index is 12.4. The molecule has 1 saturated carbocycles. The molecular weight excluding hydrogens is 300 g/mol. The van der Waals surface area contributed by atoms with Gasteiger partial charge in [0.1, 0.15) is 0 Å². The van der Waals surface area contributed by atoms with Crippen molar-refractivity contribution in [2.75, 3.05) is 7.05 Å². The number of rotatable bonds is 5. The van der Waals surface area contributed by atoms with Gasteiger partial charge in [-0.1, -0.05) is 0 Å². The lowest BCUT2D eigenvalue weighted by molar-refractivity contribution is 0.357. The Morgan fingerprint density at radius 3 is 1.95 bits per heavy atom. The Bertz CT molecular complexity index is 691. The summed E-state index contributed by atoms with van der Waals surface area (Å²) in [7, 11) is -5.87. The van der Waals surface area contributed by atoms with Gasteiger partial charge in [0.2, 0.25) is 20.0 Å². The fraction of sp³-hybridized carbons (Fsp3) is 0.500. The first-order valence-corrected chi connectivity index (χ1v) is 9.23. The summed E-state index contributed by atoms with van der Waals surface area (Å²) in [4.78, 5) is -0.0331. The maximum absolute atomic E-state index is 12.4. The first-order chi connectivity index (χ1) is 9.14. The molecule has 20 heavy (non-hydrogen) atoms. The van der Waals surface area contributed by atoms with Crippen LogP contribution in [0.2, 0.25) is 0 Å². The maximum Gasteiger partial charge on any atom is 0.243 e. The Morgan fingerprint density at radius 2 is 1.55 bits per heavy atom. The van der Waals surface area contributed by atoms with E-state index in [4.69, 9.17) is 5.14 Å². The summed E-state index contributed by atoms with van der Waals surface area (Å²) in [6.45, 7) is 1.88. The number of nitrogens with two attached hydrogens (primary N) is 1. The van der Waals surface area contributed by atoms with Crippen molar-refractivity contribution in [3.63, 3.8) is 0 Å². The molecule has 1 unspecified atom stereocenters. The molecule has 0 heterocycles. The second kappa shape index (κ2) is 5.10. The van der Waals surface area contributed by atoms with Crippen LogP contribution < -0.4 is 5.14 Å². The molecule has 0 aliphatic heterocycles. The first kappa shape index (κ1) is 15.4. The molecule has 0 spiro atoms. The van der Waals surface area contributed by atoms with Crippen molar-refractivity contribution in [2.45, 2.75) is 35.6 Å². The van der Waals surface area contributed by atoms with Gasteiger partial charge in [-0.2, -0.15) is 4.31 Å². The Kier molecular flexibility index (Phi) is 3.94. The molecule has 6 nitrogen and oxygen atoms in total. The third-order valence-corrected chi connectivity index (χ3v) is 6.59. The van der Waals surface area contributed by atoms with Gasteiger partial charge < -0.3 is 0 Å². The number of nitrogens with zero attached hydrogens (tertiary/aromatic N) is 1. The van der Waals surface area contributed by atoms with Crippen LogP contribution in [0.3, 0.4) is 0 Å². The summed E-state index contributed by atoms with van der Waals surface area (Å²) in [5, 5.41) is 4.98. The van der Waals surface area contributed by atoms with Crippen LogP contribution in [0, 0.1) is 5.92 Å². The average molecular weight is 318 g/mol. The summed E-state index contributed by atoms with van der Waals surface area (Å²) >= 11 is 0. The van der Waals surface area contributed by atoms with E-state index in [0.717, 1.165) is 12.8 Å². The Hall–Kier alpha value is -0.960. The highest BCUT2D eigenvalue weighted by Crippen LogP contribution is 2.36. The predicted molar refractivity (Wildman–Crippen MR) is 75.0 cm³/mol. The minimum Gasteiger partial charge on any atom is -0.225 e. The zero-order chi connectivity index (χ0) is 15.1. The van der Waals surface area contributed by atoms with E-state index in [1.54, 1.807) is 7.05 Å². The summed E-state index contributed by atoms with van der Waals surface area (Å²) in [5.41, 5.74) is 0. The minimum atomic E-state index is -3.81. The van der Waals surface area contributed by atoms with Crippen LogP contribution >= 0.6 is 0 Å². The van der Waals surface area contributed by atoms with E-state index in [-0.39, 0.29) is 15.8 Å². The van der Waals surface area contributed by atoms with Crippen molar-refractivity contribution in [3.05, 3.63) is 24.3 Å². The molecule has 112 valence electrons. The van der Waals surface area contributed by atoms with Gasteiger partial charge in [0.25, 0.3) is 0 Å². The van der Waals surface area contributed by atoms with Gasteiger partial charge in [-0.25, -0.2) is 22.0 Å². The van der Waals surface area contributed by atoms with E-state index < -0.39 is 20.0 Å². The van der Waals surface area contributed by atoms with E-state index >= 15 is 0 Å². The third kappa shape index (κ3) is 3.03. The second-order valence-corrected chi connectivity index (χ2v) is 8.67. The Labute approximate surface area is 119 Å². The van der Waals surface area contributed by atoms with Crippen LogP contribution in [0.15, 0.2) is 34.1 Å². The lowest BCUT2D eigenvalue weighted by Gasteiger charge is -2.24. The predicted octanol–water partition coefficient (Wildman–Crippen LogP) is 0.753. The molecule has 0 saturated heterocycles. The largest absolute Gasteiger partial charge is 0.243 e. The van der Waals surface area contributed by atoms with E-state index in [9.17, 15) is 16.8 Å². The number of hydrogen-bond donors (Lipinski definition) is 1. The molecule has 1 aromatic rings. The second-order valence-electron chi connectivity index (χ2n) is 5.12. The molecule has 1 aliphatic rings. The normalized spacial score (nSPS) is 18.2. The Balaban J connectivity index is 2.30. The van der Waals surface area contributed by atoms with E-state index in [1.165, 1.54) is 28.6 Å². The monoisotopic (exact) mass is 318 g/mol. The zero-order valence-corrected chi connectivity index (χ0v) is 13.0. The van der Waals surface area contributed by atoms with Crippen molar-refractivity contribution in [1.82, 2.24) is 4.31 Å². The average Bonchev–Trinajstić information content (AvgIpc) is 3.20. The van der Waals surface area contributed by atoms with Gasteiger partial charge >= 0.3 is 0 Å². The molecule has 8 heteroatoms. The van der Waals surface area contributed by atoms with Gasteiger partial charge in [0.05, 0.1) is 9.79 Å². The number of benzene rings is 1. The summed E-state index contributed by atoms with van der Waals surface area (Å²) in [6, 6.07) is 4.89. The molecule has 0 bridgehead atoms. The summed E-state index contributed by atoms with van der Waals surface area (Å²) < 4.78 is 48.5. The van der Waals surface area contributed by atoms with Gasteiger partial charge in [-0.05, 0) is 49.9 Å².